The van der Waals surface area contributed by atoms with Gasteiger partial charge in [-0.05, 0) is 24.6 Å². The number of hydrogen-bond acceptors (Lipinski definition) is 6. The summed E-state index contributed by atoms with van der Waals surface area (Å²) < 4.78 is 0. The zero-order valence-corrected chi connectivity index (χ0v) is 20.6. The fourth-order valence-corrected chi connectivity index (χ4v) is 5.26. The SMILES string of the molecule is Cc1ccc(C2=NNC(N3CCN(C(=O)CN4C(=O)c5ccccc5C4=O)CC3)c3ccccc32)cc1. The second-order valence-corrected chi connectivity index (χ2v) is 9.60. The average Bonchev–Trinajstić information content (AvgIpc) is 3.18. The number of carbonyl (C=O) groups is 3. The van der Waals surface area contributed by atoms with Gasteiger partial charge in [-0.2, -0.15) is 5.10 Å². The maximum absolute atomic E-state index is 13.0. The van der Waals surface area contributed by atoms with E-state index in [1.165, 1.54) is 5.56 Å². The van der Waals surface area contributed by atoms with Crippen LogP contribution in [-0.2, 0) is 4.79 Å². The number of nitrogens with zero attached hydrogens (tertiary/aromatic N) is 4. The minimum Gasteiger partial charge on any atom is -0.339 e. The van der Waals surface area contributed by atoms with Crippen molar-refractivity contribution in [1.29, 1.82) is 0 Å². The summed E-state index contributed by atoms with van der Waals surface area (Å²) in [7, 11) is 0. The van der Waals surface area contributed by atoms with Crippen LogP contribution in [0.3, 0.4) is 0 Å². The van der Waals surface area contributed by atoms with Gasteiger partial charge < -0.3 is 4.90 Å². The van der Waals surface area contributed by atoms with E-state index in [4.69, 9.17) is 5.10 Å². The number of carbonyl (C=O) groups excluding carboxylic acids is 3. The van der Waals surface area contributed by atoms with Gasteiger partial charge in [0, 0.05) is 37.3 Å². The summed E-state index contributed by atoms with van der Waals surface area (Å²) in [6, 6.07) is 23.3. The average molecular weight is 494 g/mol. The molecule has 1 atom stereocenters. The Labute approximate surface area is 215 Å². The highest BCUT2D eigenvalue weighted by molar-refractivity contribution is 6.22. The number of benzene rings is 3. The molecule has 0 aliphatic carbocycles. The molecule has 3 aromatic rings. The number of imide groups is 1. The lowest BCUT2D eigenvalue weighted by Crippen LogP contribution is -2.54. The van der Waals surface area contributed by atoms with Gasteiger partial charge in [-0.1, -0.05) is 66.2 Å². The van der Waals surface area contributed by atoms with Crippen LogP contribution in [0.15, 0.2) is 77.9 Å². The molecule has 0 radical (unpaired) electrons. The van der Waals surface area contributed by atoms with Gasteiger partial charge in [-0.25, -0.2) is 0 Å². The van der Waals surface area contributed by atoms with Crippen molar-refractivity contribution in [2.75, 3.05) is 32.7 Å². The molecule has 3 aliphatic heterocycles. The minimum absolute atomic E-state index is 0.0983. The second kappa shape index (κ2) is 9.29. The monoisotopic (exact) mass is 493 g/mol. The molecule has 3 heterocycles. The van der Waals surface area contributed by atoms with Crippen LogP contribution in [0.2, 0.25) is 0 Å². The van der Waals surface area contributed by atoms with Crippen LogP contribution in [0.1, 0.15) is 49.1 Å². The first-order valence-corrected chi connectivity index (χ1v) is 12.5. The first-order valence-electron chi connectivity index (χ1n) is 12.5. The van der Waals surface area contributed by atoms with Crippen molar-refractivity contribution in [2.45, 2.75) is 13.1 Å². The summed E-state index contributed by atoms with van der Waals surface area (Å²) in [5.41, 5.74) is 9.50. The standard InChI is InChI=1S/C29H27N5O3/c1-19-10-12-20(13-11-19)26-21-6-2-3-7-22(21)27(31-30-26)33-16-14-32(15-17-33)25(35)18-34-28(36)23-8-4-5-9-24(23)29(34)37/h2-13,27,31H,14-18H2,1H3. The molecule has 1 N–H and O–H groups in total. The maximum atomic E-state index is 13.0. The molecule has 8 heteroatoms. The molecule has 0 saturated carbocycles. The highest BCUT2D eigenvalue weighted by Crippen LogP contribution is 2.29. The Hall–Kier alpha value is -4.30. The number of fused-ring (bicyclic) bond motifs is 2. The van der Waals surface area contributed by atoms with Crippen molar-refractivity contribution >= 4 is 23.4 Å². The highest BCUT2D eigenvalue weighted by Gasteiger charge is 2.38. The summed E-state index contributed by atoms with van der Waals surface area (Å²) in [6.45, 7) is 4.15. The van der Waals surface area contributed by atoms with Crippen LogP contribution in [-0.4, -0.2) is 70.9 Å². The molecule has 8 nitrogen and oxygen atoms in total. The van der Waals surface area contributed by atoms with Crippen molar-refractivity contribution in [3.63, 3.8) is 0 Å². The minimum atomic E-state index is -0.405. The maximum Gasteiger partial charge on any atom is 0.262 e. The molecule has 0 bridgehead atoms. The van der Waals surface area contributed by atoms with Crippen LogP contribution in [0.25, 0.3) is 0 Å². The summed E-state index contributed by atoms with van der Waals surface area (Å²) in [5, 5.41) is 4.75. The number of hydrazone groups is 1. The molecule has 1 fully saturated rings. The van der Waals surface area contributed by atoms with Gasteiger partial charge in [-0.15, -0.1) is 0 Å². The van der Waals surface area contributed by atoms with Gasteiger partial charge in [-0.3, -0.25) is 29.6 Å². The Morgan fingerprint density at radius 3 is 2.08 bits per heavy atom. The van der Waals surface area contributed by atoms with E-state index in [9.17, 15) is 14.4 Å². The smallest absolute Gasteiger partial charge is 0.262 e. The Morgan fingerprint density at radius 1 is 0.838 bits per heavy atom. The number of piperazine rings is 1. The summed E-state index contributed by atoms with van der Waals surface area (Å²) in [6.07, 6.45) is -0.0983. The van der Waals surface area contributed by atoms with Crippen LogP contribution >= 0.6 is 0 Å². The molecular formula is C29H27N5O3. The first kappa shape index (κ1) is 23.1. The predicted octanol–water partition coefficient (Wildman–Crippen LogP) is 2.79. The Balaban J connectivity index is 1.12. The Bertz CT molecular complexity index is 1390. The molecule has 186 valence electrons. The van der Waals surface area contributed by atoms with Gasteiger partial charge in [0.15, 0.2) is 0 Å². The molecule has 3 amide bonds. The van der Waals surface area contributed by atoms with Gasteiger partial charge in [0.1, 0.15) is 12.7 Å². The zero-order chi connectivity index (χ0) is 25.5. The molecular weight excluding hydrogens is 466 g/mol. The summed E-state index contributed by atoms with van der Waals surface area (Å²) >= 11 is 0. The van der Waals surface area contributed by atoms with E-state index in [1.54, 1.807) is 29.2 Å². The van der Waals surface area contributed by atoms with Crippen molar-refractivity contribution < 1.29 is 14.4 Å². The lowest BCUT2D eigenvalue weighted by molar-refractivity contribution is -0.133. The van der Waals surface area contributed by atoms with Crippen molar-refractivity contribution in [3.05, 3.63) is 106 Å². The van der Waals surface area contributed by atoms with E-state index in [-0.39, 0.29) is 18.6 Å². The van der Waals surface area contributed by atoms with E-state index < -0.39 is 11.8 Å². The number of rotatable bonds is 4. The lowest BCUT2D eigenvalue weighted by atomic mass is 9.94. The number of aryl methyl sites for hydroxylation is 1. The van der Waals surface area contributed by atoms with Gasteiger partial charge >= 0.3 is 0 Å². The van der Waals surface area contributed by atoms with Crippen molar-refractivity contribution in [2.24, 2.45) is 5.10 Å². The van der Waals surface area contributed by atoms with E-state index >= 15 is 0 Å². The quantitative estimate of drug-likeness (QED) is 0.565. The number of hydrogen-bond donors (Lipinski definition) is 1. The molecule has 3 aliphatic rings. The zero-order valence-electron chi connectivity index (χ0n) is 20.6. The lowest BCUT2D eigenvalue weighted by Gasteiger charge is -2.41. The van der Waals surface area contributed by atoms with Gasteiger partial charge in [0.05, 0.1) is 16.8 Å². The van der Waals surface area contributed by atoms with E-state index in [2.05, 4.69) is 53.6 Å². The molecule has 1 saturated heterocycles. The van der Waals surface area contributed by atoms with E-state index in [0.29, 0.717) is 37.3 Å². The molecule has 1 unspecified atom stereocenters. The largest absolute Gasteiger partial charge is 0.339 e. The fraction of sp³-hybridized carbons (Fsp3) is 0.241. The highest BCUT2D eigenvalue weighted by atomic mass is 16.2. The summed E-state index contributed by atoms with van der Waals surface area (Å²) in [4.78, 5) is 43.4. The Morgan fingerprint density at radius 2 is 1.43 bits per heavy atom. The third kappa shape index (κ3) is 4.09. The molecule has 6 rings (SSSR count). The van der Waals surface area contributed by atoms with Crippen LogP contribution in [0.5, 0.6) is 0 Å². The normalized spacial score (nSPS) is 19.3. The molecule has 3 aromatic carbocycles. The van der Waals surface area contributed by atoms with E-state index in [1.807, 2.05) is 12.1 Å². The third-order valence-corrected chi connectivity index (χ3v) is 7.34. The third-order valence-electron chi connectivity index (χ3n) is 7.34. The predicted molar refractivity (Wildman–Crippen MR) is 139 cm³/mol. The summed E-state index contributed by atoms with van der Waals surface area (Å²) in [5.74, 6) is -1.03. The molecule has 37 heavy (non-hydrogen) atoms. The first-order chi connectivity index (χ1) is 18.0. The van der Waals surface area contributed by atoms with Crippen LogP contribution < -0.4 is 5.43 Å². The topological polar surface area (TPSA) is 85.3 Å². The Kier molecular flexibility index (Phi) is 5.81. The van der Waals surface area contributed by atoms with Crippen LogP contribution in [0, 0.1) is 6.92 Å². The van der Waals surface area contributed by atoms with E-state index in [0.717, 1.165) is 27.3 Å². The molecule has 0 aromatic heterocycles. The number of amides is 3. The van der Waals surface area contributed by atoms with Gasteiger partial charge in [0.2, 0.25) is 5.91 Å². The van der Waals surface area contributed by atoms with Crippen LogP contribution in [0.4, 0.5) is 0 Å². The second-order valence-electron chi connectivity index (χ2n) is 9.60. The number of nitrogens with one attached hydrogen (secondary N) is 1. The van der Waals surface area contributed by atoms with Crippen molar-refractivity contribution in [3.8, 4) is 0 Å². The molecule has 0 spiro atoms. The van der Waals surface area contributed by atoms with Crippen molar-refractivity contribution in [1.82, 2.24) is 20.1 Å². The fourth-order valence-electron chi connectivity index (χ4n) is 5.26. The van der Waals surface area contributed by atoms with Gasteiger partial charge in [0.25, 0.3) is 11.8 Å².